The molecule has 0 amide bonds. The fourth-order valence-corrected chi connectivity index (χ4v) is 6.03. The SMILES string of the molecule is C(=C\c1ccc(N(c2ccccc2)c2ccccc2)cc1)/c1ccc(CCc2ccc(N(c3ccccc3)c3ccccc3)cc2)cc1. The Morgan fingerprint density at radius 3 is 0.854 bits per heavy atom. The molecule has 0 atom stereocenters. The summed E-state index contributed by atoms with van der Waals surface area (Å²) in [6.07, 6.45) is 6.38. The largest absolute Gasteiger partial charge is 0.311 e. The maximum absolute atomic E-state index is 2.30. The van der Waals surface area contributed by atoms with Crippen LogP contribution in [-0.2, 0) is 12.8 Å². The molecule has 2 nitrogen and oxygen atoms in total. The van der Waals surface area contributed by atoms with Gasteiger partial charge in [0.15, 0.2) is 0 Å². The quantitative estimate of drug-likeness (QED) is 0.133. The van der Waals surface area contributed by atoms with Crippen LogP contribution < -0.4 is 9.80 Å². The molecule has 0 aliphatic heterocycles. The van der Waals surface area contributed by atoms with Crippen molar-refractivity contribution >= 4 is 46.3 Å². The number of hydrogen-bond donors (Lipinski definition) is 0. The zero-order valence-corrected chi connectivity index (χ0v) is 26.9. The minimum Gasteiger partial charge on any atom is -0.311 e. The first-order chi connectivity index (χ1) is 23.8. The van der Waals surface area contributed by atoms with Crippen molar-refractivity contribution in [3.8, 4) is 0 Å². The second-order valence-electron chi connectivity index (χ2n) is 11.8. The zero-order chi connectivity index (χ0) is 32.4. The molecule has 7 aromatic carbocycles. The van der Waals surface area contributed by atoms with Crippen LogP contribution >= 0.6 is 0 Å². The van der Waals surface area contributed by atoms with Gasteiger partial charge in [-0.2, -0.15) is 0 Å². The first-order valence-corrected chi connectivity index (χ1v) is 16.6. The molecule has 7 aromatic rings. The van der Waals surface area contributed by atoms with E-state index in [1.165, 1.54) is 22.3 Å². The lowest BCUT2D eigenvalue weighted by molar-refractivity contribution is 0.960. The van der Waals surface area contributed by atoms with Gasteiger partial charge in [-0.25, -0.2) is 0 Å². The predicted molar refractivity (Wildman–Crippen MR) is 205 cm³/mol. The van der Waals surface area contributed by atoms with Gasteiger partial charge in [0.25, 0.3) is 0 Å². The van der Waals surface area contributed by atoms with Crippen molar-refractivity contribution in [2.45, 2.75) is 12.8 Å². The normalized spacial score (nSPS) is 11.0. The summed E-state index contributed by atoms with van der Waals surface area (Å²) < 4.78 is 0. The third-order valence-electron chi connectivity index (χ3n) is 8.55. The van der Waals surface area contributed by atoms with Crippen molar-refractivity contribution in [1.82, 2.24) is 0 Å². The summed E-state index contributed by atoms with van der Waals surface area (Å²) in [5.74, 6) is 0. The van der Waals surface area contributed by atoms with E-state index in [4.69, 9.17) is 0 Å². The van der Waals surface area contributed by atoms with Crippen LogP contribution in [-0.4, -0.2) is 0 Å². The van der Waals surface area contributed by atoms with Gasteiger partial charge in [0.2, 0.25) is 0 Å². The number of benzene rings is 7. The number of para-hydroxylation sites is 4. The molecule has 0 radical (unpaired) electrons. The second-order valence-corrected chi connectivity index (χ2v) is 11.8. The van der Waals surface area contributed by atoms with Crippen LogP contribution in [0.4, 0.5) is 34.1 Å². The first kappa shape index (κ1) is 30.5. The van der Waals surface area contributed by atoms with Gasteiger partial charge in [-0.05, 0) is 108 Å². The topological polar surface area (TPSA) is 6.48 Å². The van der Waals surface area contributed by atoms with E-state index in [1.54, 1.807) is 0 Å². The fourth-order valence-electron chi connectivity index (χ4n) is 6.03. The van der Waals surface area contributed by atoms with Crippen LogP contribution in [0.15, 0.2) is 194 Å². The molecule has 0 aromatic heterocycles. The maximum Gasteiger partial charge on any atom is 0.0462 e. The van der Waals surface area contributed by atoms with E-state index in [0.29, 0.717) is 0 Å². The average Bonchev–Trinajstić information content (AvgIpc) is 3.17. The van der Waals surface area contributed by atoms with Gasteiger partial charge in [-0.1, -0.05) is 133 Å². The molecule has 0 bridgehead atoms. The van der Waals surface area contributed by atoms with Crippen molar-refractivity contribution in [2.75, 3.05) is 9.80 Å². The Balaban J connectivity index is 0.980. The summed E-state index contributed by atoms with van der Waals surface area (Å²) >= 11 is 0. The van der Waals surface area contributed by atoms with Crippen molar-refractivity contribution in [2.24, 2.45) is 0 Å². The molecule has 0 fully saturated rings. The summed E-state index contributed by atoms with van der Waals surface area (Å²) in [4.78, 5) is 4.58. The molecule has 0 unspecified atom stereocenters. The summed E-state index contributed by atoms with van der Waals surface area (Å²) in [5, 5.41) is 0. The number of aryl methyl sites for hydroxylation is 2. The van der Waals surface area contributed by atoms with Gasteiger partial charge in [0.05, 0.1) is 0 Å². The third-order valence-corrected chi connectivity index (χ3v) is 8.55. The molecule has 0 saturated heterocycles. The number of hydrogen-bond acceptors (Lipinski definition) is 2. The lowest BCUT2D eigenvalue weighted by Crippen LogP contribution is -2.09. The smallest absolute Gasteiger partial charge is 0.0462 e. The summed E-state index contributed by atoms with van der Waals surface area (Å²) in [6.45, 7) is 0. The highest BCUT2D eigenvalue weighted by atomic mass is 15.1. The molecule has 48 heavy (non-hydrogen) atoms. The highest BCUT2D eigenvalue weighted by molar-refractivity contribution is 5.78. The van der Waals surface area contributed by atoms with Crippen LogP contribution in [0, 0.1) is 0 Å². The summed E-state index contributed by atoms with van der Waals surface area (Å²) in [7, 11) is 0. The Morgan fingerprint density at radius 2 is 0.521 bits per heavy atom. The molecule has 0 heterocycles. The Morgan fingerprint density at radius 1 is 0.271 bits per heavy atom. The van der Waals surface area contributed by atoms with E-state index in [9.17, 15) is 0 Å². The number of rotatable bonds is 11. The third kappa shape index (κ3) is 7.46. The van der Waals surface area contributed by atoms with Crippen LogP contribution in [0.5, 0.6) is 0 Å². The van der Waals surface area contributed by atoms with Crippen molar-refractivity contribution < 1.29 is 0 Å². The molecule has 232 valence electrons. The highest BCUT2D eigenvalue weighted by Gasteiger charge is 2.13. The van der Waals surface area contributed by atoms with Gasteiger partial charge in [0, 0.05) is 34.1 Å². The second kappa shape index (κ2) is 15.0. The molecule has 0 saturated carbocycles. The maximum atomic E-state index is 2.30. The number of nitrogens with zero attached hydrogens (tertiary/aromatic N) is 2. The molecular weight excluding hydrogens is 581 g/mol. The Hall–Kier alpha value is -6.12. The van der Waals surface area contributed by atoms with Crippen molar-refractivity contribution in [1.29, 1.82) is 0 Å². The van der Waals surface area contributed by atoms with E-state index in [0.717, 1.165) is 47.0 Å². The molecule has 7 rings (SSSR count). The van der Waals surface area contributed by atoms with E-state index in [2.05, 4.69) is 216 Å². The fraction of sp³-hybridized carbons (Fsp3) is 0.0435. The van der Waals surface area contributed by atoms with Crippen LogP contribution in [0.25, 0.3) is 12.2 Å². The van der Waals surface area contributed by atoms with E-state index in [-0.39, 0.29) is 0 Å². The Labute approximate surface area is 284 Å². The molecule has 0 aliphatic carbocycles. The van der Waals surface area contributed by atoms with Crippen LogP contribution in [0.2, 0.25) is 0 Å². The molecule has 0 spiro atoms. The molecule has 2 heteroatoms. The minimum atomic E-state index is 1.00. The van der Waals surface area contributed by atoms with Crippen molar-refractivity contribution in [3.05, 3.63) is 216 Å². The Kier molecular flexibility index (Phi) is 9.53. The lowest BCUT2D eigenvalue weighted by Gasteiger charge is -2.25. The van der Waals surface area contributed by atoms with E-state index >= 15 is 0 Å². The van der Waals surface area contributed by atoms with Gasteiger partial charge in [-0.3, -0.25) is 0 Å². The van der Waals surface area contributed by atoms with E-state index < -0.39 is 0 Å². The lowest BCUT2D eigenvalue weighted by atomic mass is 10.0. The van der Waals surface area contributed by atoms with Crippen LogP contribution in [0.1, 0.15) is 22.3 Å². The van der Waals surface area contributed by atoms with E-state index in [1.807, 2.05) is 0 Å². The predicted octanol–water partition coefficient (Wildman–Crippen LogP) is 12.6. The van der Waals surface area contributed by atoms with Crippen molar-refractivity contribution in [3.63, 3.8) is 0 Å². The van der Waals surface area contributed by atoms with Crippen LogP contribution in [0.3, 0.4) is 0 Å². The monoisotopic (exact) mass is 618 g/mol. The minimum absolute atomic E-state index is 1.00. The van der Waals surface area contributed by atoms with Gasteiger partial charge < -0.3 is 9.80 Å². The standard InChI is InChI=1S/C46H38N2/c1-5-13-41(14-6-1)47(42-15-7-2-8-16-42)45-33-29-39(30-34-45)27-25-37-21-23-38(24-22-37)26-28-40-31-35-46(36-32-40)48(43-17-9-3-10-18-43)44-19-11-4-12-20-44/h1-25,27,29-36H,26,28H2/b27-25+. The Bertz CT molecular complexity index is 1940. The van der Waals surface area contributed by atoms with Gasteiger partial charge in [-0.15, -0.1) is 0 Å². The molecular formula is C46H38N2. The first-order valence-electron chi connectivity index (χ1n) is 16.6. The summed E-state index contributed by atoms with van der Waals surface area (Å²) in [5.41, 5.74) is 11.9. The van der Waals surface area contributed by atoms with Gasteiger partial charge >= 0.3 is 0 Å². The summed E-state index contributed by atoms with van der Waals surface area (Å²) in [6, 6.07) is 68.8. The average molecular weight is 619 g/mol. The number of anilines is 6. The zero-order valence-electron chi connectivity index (χ0n) is 26.9. The molecule has 0 N–H and O–H groups in total. The highest BCUT2D eigenvalue weighted by Crippen LogP contribution is 2.35. The van der Waals surface area contributed by atoms with Gasteiger partial charge in [0.1, 0.15) is 0 Å². The molecule has 0 aliphatic rings.